The molecule has 0 radical (unpaired) electrons. The van der Waals surface area contributed by atoms with Crippen LogP contribution in [-0.2, 0) is 4.79 Å². The molecule has 0 aliphatic heterocycles. The molecule has 0 bridgehead atoms. The minimum atomic E-state index is -0.297. The summed E-state index contributed by atoms with van der Waals surface area (Å²) in [4.78, 5) is 11.8. The number of halogens is 1. The van der Waals surface area contributed by atoms with E-state index in [0.717, 1.165) is 10.0 Å². The largest absolute Gasteiger partial charge is 0.484 e. The normalized spacial score (nSPS) is 12.1. The van der Waals surface area contributed by atoms with Gasteiger partial charge in [0, 0.05) is 4.47 Å². The number of carbonyl (C=O) groups is 1. The van der Waals surface area contributed by atoms with Crippen LogP contribution >= 0.6 is 15.9 Å². The van der Waals surface area contributed by atoms with E-state index in [-0.39, 0.29) is 12.5 Å². The van der Waals surface area contributed by atoms with Crippen LogP contribution in [0.25, 0.3) is 0 Å². The average molecular weight is 403 g/mol. The van der Waals surface area contributed by atoms with Gasteiger partial charge in [-0.15, -0.1) is 0 Å². The molecule has 132 valence electrons. The highest BCUT2D eigenvalue weighted by atomic mass is 79.9. The van der Waals surface area contributed by atoms with Crippen LogP contribution in [0.2, 0.25) is 0 Å². The fraction of sp³-hybridized carbons (Fsp3) is 0.300. The molecule has 0 aliphatic rings. The maximum atomic E-state index is 11.8. The van der Waals surface area contributed by atoms with Crippen molar-refractivity contribution in [1.82, 2.24) is 5.43 Å². The van der Waals surface area contributed by atoms with Gasteiger partial charge in [0.25, 0.3) is 5.91 Å². The van der Waals surface area contributed by atoms with Gasteiger partial charge in [-0.2, -0.15) is 5.10 Å². The first-order valence-corrected chi connectivity index (χ1v) is 9.18. The first-order valence-electron chi connectivity index (χ1n) is 8.38. The summed E-state index contributed by atoms with van der Waals surface area (Å²) in [6.45, 7) is 4.33. The highest BCUT2D eigenvalue weighted by Gasteiger charge is 2.05. The molecular formula is C20H23BrN2O2. The number of nitrogens with zero attached hydrogens (tertiary/aromatic N) is 1. The second kappa shape index (κ2) is 9.99. The predicted octanol–water partition coefficient (Wildman–Crippen LogP) is 4.88. The number of carbonyl (C=O) groups excluding carboxylic acids is 1. The third-order valence-corrected chi connectivity index (χ3v) is 4.29. The number of hydrazone groups is 1. The fourth-order valence-electron chi connectivity index (χ4n) is 2.44. The molecule has 0 fully saturated rings. The molecule has 25 heavy (non-hydrogen) atoms. The SMILES string of the molecule is CCCC(C)c1ccc(OCC(=O)NN=Cc2cccc(Br)c2)cc1. The van der Waals surface area contributed by atoms with Gasteiger partial charge >= 0.3 is 0 Å². The summed E-state index contributed by atoms with van der Waals surface area (Å²) in [5.74, 6) is 0.919. The molecule has 4 nitrogen and oxygen atoms in total. The Morgan fingerprint density at radius 2 is 2.04 bits per heavy atom. The second-order valence-electron chi connectivity index (χ2n) is 5.90. The lowest BCUT2D eigenvalue weighted by Crippen LogP contribution is -2.24. The molecule has 0 spiro atoms. The molecule has 2 rings (SSSR count). The Balaban J connectivity index is 1.78. The van der Waals surface area contributed by atoms with Gasteiger partial charge in [-0.3, -0.25) is 4.79 Å². The van der Waals surface area contributed by atoms with Crippen LogP contribution in [0.5, 0.6) is 5.75 Å². The van der Waals surface area contributed by atoms with Gasteiger partial charge < -0.3 is 4.74 Å². The Morgan fingerprint density at radius 1 is 1.28 bits per heavy atom. The number of nitrogens with one attached hydrogen (secondary N) is 1. The molecule has 2 aromatic rings. The van der Waals surface area contributed by atoms with Crippen molar-refractivity contribution in [3.05, 3.63) is 64.1 Å². The number of ether oxygens (including phenoxy) is 1. The highest BCUT2D eigenvalue weighted by Crippen LogP contribution is 2.22. The van der Waals surface area contributed by atoms with Gasteiger partial charge in [-0.05, 0) is 47.7 Å². The zero-order valence-electron chi connectivity index (χ0n) is 14.5. The quantitative estimate of drug-likeness (QED) is 0.505. The average Bonchev–Trinajstić information content (AvgIpc) is 2.61. The van der Waals surface area contributed by atoms with Crippen LogP contribution in [-0.4, -0.2) is 18.7 Å². The standard InChI is InChI=1S/C20H23BrN2O2/c1-3-5-15(2)17-8-10-19(11-9-17)25-14-20(24)23-22-13-16-6-4-7-18(21)12-16/h4,6-13,15H,3,5,14H2,1-2H3,(H,23,24). The lowest BCUT2D eigenvalue weighted by Gasteiger charge is -2.11. The van der Waals surface area contributed by atoms with Crippen LogP contribution in [0.15, 0.2) is 58.1 Å². The Bertz CT molecular complexity index is 714. The lowest BCUT2D eigenvalue weighted by atomic mass is 9.97. The van der Waals surface area contributed by atoms with E-state index in [1.54, 1.807) is 6.21 Å². The monoisotopic (exact) mass is 402 g/mol. The van der Waals surface area contributed by atoms with E-state index in [0.29, 0.717) is 11.7 Å². The Hall–Kier alpha value is -2.14. The van der Waals surface area contributed by atoms with Crippen molar-refractivity contribution in [1.29, 1.82) is 0 Å². The summed E-state index contributed by atoms with van der Waals surface area (Å²) in [6, 6.07) is 15.6. The summed E-state index contributed by atoms with van der Waals surface area (Å²) in [5, 5.41) is 3.93. The molecule has 0 saturated heterocycles. The van der Waals surface area contributed by atoms with Crippen LogP contribution in [0.4, 0.5) is 0 Å². The maximum absolute atomic E-state index is 11.8. The van der Waals surface area contributed by atoms with Crippen molar-refractivity contribution in [3.63, 3.8) is 0 Å². The molecular weight excluding hydrogens is 380 g/mol. The Morgan fingerprint density at radius 3 is 2.72 bits per heavy atom. The topological polar surface area (TPSA) is 50.7 Å². The first-order chi connectivity index (χ1) is 12.1. The molecule has 1 amide bonds. The zero-order chi connectivity index (χ0) is 18.1. The molecule has 5 heteroatoms. The summed E-state index contributed by atoms with van der Waals surface area (Å²) in [6.07, 6.45) is 3.92. The lowest BCUT2D eigenvalue weighted by molar-refractivity contribution is -0.123. The van der Waals surface area contributed by atoms with E-state index in [9.17, 15) is 4.79 Å². The second-order valence-corrected chi connectivity index (χ2v) is 6.81. The van der Waals surface area contributed by atoms with Gasteiger partial charge in [0.15, 0.2) is 6.61 Å². The number of hydrogen-bond acceptors (Lipinski definition) is 3. The number of rotatable bonds is 8. The van der Waals surface area contributed by atoms with Crippen molar-refractivity contribution >= 4 is 28.1 Å². The molecule has 2 aromatic carbocycles. The predicted molar refractivity (Wildman–Crippen MR) is 105 cm³/mol. The van der Waals surface area contributed by atoms with E-state index in [4.69, 9.17) is 4.74 Å². The smallest absolute Gasteiger partial charge is 0.277 e. The van der Waals surface area contributed by atoms with Gasteiger partial charge in [0.05, 0.1) is 6.21 Å². The van der Waals surface area contributed by atoms with Crippen molar-refractivity contribution in [3.8, 4) is 5.75 Å². The minimum absolute atomic E-state index is 0.0698. The highest BCUT2D eigenvalue weighted by molar-refractivity contribution is 9.10. The molecule has 1 atom stereocenters. The van der Waals surface area contributed by atoms with E-state index in [1.165, 1.54) is 18.4 Å². The van der Waals surface area contributed by atoms with Crippen LogP contribution in [0, 0.1) is 0 Å². The minimum Gasteiger partial charge on any atom is -0.484 e. The first kappa shape index (κ1) is 19.2. The molecule has 0 aliphatic carbocycles. The molecule has 1 N–H and O–H groups in total. The third kappa shape index (κ3) is 6.70. The van der Waals surface area contributed by atoms with Gasteiger partial charge in [0.1, 0.15) is 5.75 Å². The maximum Gasteiger partial charge on any atom is 0.277 e. The van der Waals surface area contributed by atoms with Gasteiger partial charge in [-0.1, -0.05) is 60.5 Å². The molecule has 0 aromatic heterocycles. The molecule has 1 unspecified atom stereocenters. The molecule has 0 heterocycles. The third-order valence-electron chi connectivity index (χ3n) is 3.79. The summed E-state index contributed by atoms with van der Waals surface area (Å²) in [5.41, 5.74) is 4.64. The van der Waals surface area contributed by atoms with Crippen molar-refractivity contribution in [2.24, 2.45) is 5.10 Å². The van der Waals surface area contributed by atoms with Crippen molar-refractivity contribution in [2.75, 3.05) is 6.61 Å². The number of benzene rings is 2. The summed E-state index contributed by atoms with van der Waals surface area (Å²) >= 11 is 3.39. The van der Waals surface area contributed by atoms with Crippen molar-refractivity contribution < 1.29 is 9.53 Å². The van der Waals surface area contributed by atoms with E-state index < -0.39 is 0 Å². The van der Waals surface area contributed by atoms with E-state index >= 15 is 0 Å². The Labute approximate surface area is 157 Å². The van der Waals surface area contributed by atoms with E-state index in [1.807, 2.05) is 36.4 Å². The summed E-state index contributed by atoms with van der Waals surface area (Å²) in [7, 11) is 0. The van der Waals surface area contributed by atoms with Gasteiger partial charge in [0.2, 0.25) is 0 Å². The van der Waals surface area contributed by atoms with Crippen LogP contribution in [0.3, 0.4) is 0 Å². The van der Waals surface area contributed by atoms with E-state index in [2.05, 4.69) is 52.4 Å². The number of hydrogen-bond donors (Lipinski definition) is 1. The fourth-order valence-corrected chi connectivity index (χ4v) is 2.86. The summed E-state index contributed by atoms with van der Waals surface area (Å²) < 4.78 is 6.45. The zero-order valence-corrected chi connectivity index (χ0v) is 16.1. The van der Waals surface area contributed by atoms with Gasteiger partial charge in [-0.25, -0.2) is 5.43 Å². The van der Waals surface area contributed by atoms with Crippen molar-refractivity contribution in [2.45, 2.75) is 32.6 Å². The molecule has 0 saturated carbocycles. The van der Waals surface area contributed by atoms with Crippen LogP contribution in [0.1, 0.15) is 43.7 Å². The Kier molecular flexibility index (Phi) is 7.67. The number of amides is 1. The van der Waals surface area contributed by atoms with Crippen LogP contribution < -0.4 is 10.2 Å².